The standard InChI is InChI=1S/C21H30O5/c1-20(2)7-5-8-21(3)12-10-13-11(6-9-26-13)14(19(24)25-4)15(12)16(22)17(23)18(20)21/h6,9,12,14-18,22-23H,5,7-8,10H2,1-4H3. The number of fused-ring (bicyclic) bond motifs is 4. The largest absolute Gasteiger partial charge is 0.469 e. The molecule has 2 N–H and O–H groups in total. The molecule has 26 heavy (non-hydrogen) atoms. The first kappa shape index (κ1) is 18.1. The number of aliphatic hydroxyl groups is 2. The Labute approximate surface area is 154 Å². The lowest BCUT2D eigenvalue weighted by molar-refractivity contribution is -0.219. The van der Waals surface area contributed by atoms with Crippen molar-refractivity contribution >= 4 is 5.97 Å². The molecule has 4 rings (SSSR count). The fourth-order valence-corrected chi connectivity index (χ4v) is 6.91. The van der Waals surface area contributed by atoms with Gasteiger partial charge < -0.3 is 19.4 Å². The van der Waals surface area contributed by atoms with E-state index in [1.807, 2.05) is 6.07 Å². The molecule has 7 atom stereocenters. The second kappa shape index (κ2) is 5.83. The average Bonchev–Trinajstić information content (AvgIpc) is 3.05. The van der Waals surface area contributed by atoms with Crippen molar-refractivity contribution in [2.75, 3.05) is 7.11 Å². The summed E-state index contributed by atoms with van der Waals surface area (Å²) in [7, 11) is 1.38. The molecule has 0 aromatic carbocycles. The van der Waals surface area contributed by atoms with Crippen LogP contribution in [0.2, 0.25) is 0 Å². The molecular formula is C21H30O5. The van der Waals surface area contributed by atoms with Gasteiger partial charge in [0.25, 0.3) is 0 Å². The lowest BCUT2D eigenvalue weighted by Gasteiger charge is -2.63. The molecule has 0 spiro atoms. The van der Waals surface area contributed by atoms with Gasteiger partial charge in [0.2, 0.25) is 0 Å². The van der Waals surface area contributed by atoms with Gasteiger partial charge in [0.1, 0.15) is 5.76 Å². The first-order valence-corrected chi connectivity index (χ1v) is 9.72. The molecule has 5 heteroatoms. The van der Waals surface area contributed by atoms with Crippen molar-refractivity contribution < 1.29 is 24.2 Å². The molecule has 1 heterocycles. The lowest BCUT2D eigenvalue weighted by atomic mass is 9.42. The number of carbonyl (C=O) groups is 1. The summed E-state index contributed by atoms with van der Waals surface area (Å²) < 4.78 is 10.8. The Morgan fingerprint density at radius 2 is 1.96 bits per heavy atom. The fraction of sp³-hybridized carbons (Fsp3) is 0.762. The van der Waals surface area contributed by atoms with Crippen LogP contribution < -0.4 is 0 Å². The molecule has 0 radical (unpaired) electrons. The monoisotopic (exact) mass is 362 g/mol. The minimum absolute atomic E-state index is 0.00481. The third-order valence-corrected chi connectivity index (χ3v) is 7.85. The first-order chi connectivity index (χ1) is 12.2. The molecular weight excluding hydrogens is 332 g/mol. The number of furan rings is 1. The molecule has 3 aliphatic carbocycles. The quantitative estimate of drug-likeness (QED) is 0.751. The first-order valence-electron chi connectivity index (χ1n) is 9.72. The molecule has 0 saturated heterocycles. The van der Waals surface area contributed by atoms with Gasteiger partial charge in [-0.05, 0) is 41.6 Å². The van der Waals surface area contributed by atoms with Gasteiger partial charge in [0.15, 0.2) is 0 Å². The molecule has 2 fully saturated rings. The third kappa shape index (κ3) is 2.26. The zero-order chi connectivity index (χ0) is 18.9. The van der Waals surface area contributed by atoms with E-state index in [0.29, 0.717) is 6.42 Å². The van der Waals surface area contributed by atoms with Crippen LogP contribution in [0.1, 0.15) is 57.3 Å². The van der Waals surface area contributed by atoms with E-state index in [4.69, 9.17) is 9.15 Å². The van der Waals surface area contributed by atoms with Crippen LogP contribution in [-0.4, -0.2) is 35.5 Å². The Bertz CT molecular complexity index is 707. The summed E-state index contributed by atoms with van der Waals surface area (Å²) >= 11 is 0. The molecule has 2 saturated carbocycles. The molecule has 3 aliphatic rings. The second-order valence-corrected chi connectivity index (χ2v) is 9.49. The van der Waals surface area contributed by atoms with Gasteiger partial charge in [0, 0.05) is 17.9 Å². The van der Waals surface area contributed by atoms with Gasteiger partial charge in [-0.25, -0.2) is 0 Å². The smallest absolute Gasteiger partial charge is 0.313 e. The van der Waals surface area contributed by atoms with Crippen molar-refractivity contribution in [3.05, 3.63) is 23.7 Å². The molecule has 1 aromatic rings. The normalized spacial score (nSPS) is 43.8. The maximum Gasteiger partial charge on any atom is 0.313 e. The molecule has 5 nitrogen and oxygen atoms in total. The van der Waals surface area contributed by atoms with Crippen LogP contribution in [-0.2, 0) is 16.0 Å². The summed E-state index contributed by atoms with van der Waals surface area (Å²) in [5, 5.41) is 22.3. The highest BCUT2D eigenvalue weighted by molar-refractivity contribution is 5.79. The SMILES string of the molecule is COC(=O)C1c2ccoc2CC2C1C(O)C(O)C1C(C)(C)CCCC21C. The van der Waals surface area contributed by atoms with Crippen LogP contribution in [0.4, 0.5) is 0 Å². The predicted octanol–water partition coefficient (Wildman–Crippen LogP) is 2.89. The van der Waals surface area contributed by atoms with Gasteiger partial charge in [-0.3, -0.25) is 4.79 Å². The van der Waals surface area contributed by atoms with Gasteiger partial charge in [-0.1, -0.05) is 27.2 Å². The molecule has 0 amide bonds. The van der Waals surface area contributed by atoms with Crippen LogP contribution >= 0.6 is 0 Å². The van der Waals surface area contributed by atoms with Crippen LogP contribution in [0.5, 0.6) is 0 Å². The summed E-state index contributed by atoms with van der Waals surface area (Å²) in [6.45, 7) is 6.64. The highest BCUT2D eigenvalue weighted by atomic mass is 16.5. The van der Waals surface area contributed by atoms with E-state index >= 15 is 0 Å². The Balaban J connectivity index is 1.86. The summed E-state index contributed by atoms with van der Waals surface area (Å²) in [4.78, 5) is 12.7. The lowest BCUT2D eigenvalue weighted by Crippen LogP contribution is -2.65. The Morgan fingerprint density at radius 1 is 1.23 bits per heavy atom. The van der Waals surface area contributed by atoms with E-state index in [0.717, 1.165) is 30.6 Å². The summed E-state index contributed by atoms with van der Waals surface area (Å²) in [5.74, 6) is -0.389. The van der Waals surface area contributed by atoms with E-state index in [9.17, 15) is 15.0 Å². The average molecular weight is 362 g/mol. The van der Waals surface area contributed by atoms with Gasteiger partial charge in [-0.15, -0.1) is 0 Å². The van der Waals surface area contributed by atoms with Crippen molar-refractivity contribution in [1.82, 2.24) is 0 Å². The van der Waals surface area contributed by atoms with E-state index in [2.05, 4.69) is 20.8 Å². The highest BCUT2D eigenvalue weighted by Gasteiger charge is 2.64. The fourth-order valence-electron chi connectivity index (χ4n) is 6.91. The van der Waals surface area contributed by atoms with E-state index in [1.54, 1.807) is 6.26 Å². The molecule has 0 aliphatic heterocycles. The Kier molecular flexibility index (Phi) is 4.05. The van der Waals surface area contributed by atoms with Gasteiger partial charge >= 0.3 is 5.97 Å². The zero-order valence-electron chi connectivity index (χ0n) is 16.1. The van der Waals surface area contributed by atoms with Gasteiger partial charge in [-0.2, -0.15) is 0 Å². The number of carbonyl (C=O) groups excluding carboxylic acids is 1. The maximum absolute atomic E-state index is 12.7. The minimum Gasteiger partial charge on any atom is -0.469 e. The Morgan fingerprint density at radius 3 is 2.65 bits per heavy atom. The van der Waals surface area contributed by atoms with Crippen molar-refractivity contribution in [3.63, 3.8) is 0 Å². The molecule has 144 valence electrons. The summed E-state index contributed by atoms with van der Waals surface area (Å²) in [6, 6.07) is 1.81. The number of rotatable bonds is 1. The Hall–Kier alpha value is -1.33. The van der Waals surface area contributed by atoms with E-state index in [1.165, 1.54) is 7.11 Å². The number of hydrogen-bond acceptors (Lipinski definition) is 5. The van der Waals surface area contributed by atoms with Crippen molar-refractivity contribution in [2.24, 2.45) is 28.6 Å². The number of hydrogen-bond donors (Lipinski definition) is 2. The molecule has 0 bridgehead atoms. The third-order valence-electron chi connectivity index (χ3n) is 7.85. The maximum atomic E-state index is 12.7. The van der Waals surface area contributed by atoms with Crippen molar-refractivity contribution in [1.29, 1.82) is 0 Å². The van der Waals surface area contributed by atoms with Crippen LogP contribution in [0.25, 0.3) is 0 Å². The van der Waals surface area contributed by atoms with Crippen LogP contribution in [0, 0.1) is 28.6 Å². The molecule has 7 unspecified atom stereocenters. The summed E-state index contributed by atoms with van der Waals surface area (Å²) in [5.41, 5.74) is 0.603. The van der Waals surface area contributed by atoms with Crippen molar-refractivity contribution in [2.45, 2.75) is 64.6 Å². The number of ether oxygens (including phenoxy) is 1. The molecule has 1 aromatic heterocycles. The predicted molar refractivity (Wildman–Crippen MR) is 95.4 cm³/mol. The highest BCUT2D eigenvalue weighted by Crippen LogP contribution is 2.64. The van der Waals surface area contributed by atoms with Crippen LogP contribution in [0.3, 0.4) is 0 Å². The summed E-state index contributed by atoms with van der Waals surface area (Å²) in [6.07, 6.45) is 3.68. The van der Waals surface area contributed by atoms with Crippen molar-refractivity contribution in [3.8, 4) is 0 Å². The van der Waals surface area contributed by atoms with E-state index in [-0.39, 0.29) is 34.6 Å². The zero-order valence-corrected chi connectivity index (χ0v) is 16.1. The second-order valence-electron chi connectivity index (χ2n) is 9.49. The minimum atomic E-state index is -0.942. The van der Waals surface area contributed by atoms with Crippen LogP contribution in [0.15, 0.2) is 16.7 Å². The number of esters is 1. The van der Waals surface area contributed by atoms with E-state index < -0.39 is 18.1 Å². The number of aliphatic hydroxyl groups excluding tert-OH is 2. The van der Waals surface area contributed by atoms with Gasteiger partial charge in [0.05, 0.1) is 31.5 Å². The number of methoxy groups -OCH3 is 1. The topological polar surface area (TPSA) is 79.9 Å².